The SMILES string of the molecule is C=CCN1C(=O)/C(=C\c2ccc(-c3cccc([N+](=O)[O-])c3)o2)SC1=S. The maximum Gasteiger partial charge on any atom is 0.270 e. The van der Waals surface area contributed by atoms with Gasteiger partial charge in [-0.25, -0.2) is 0 Å². The molecule has 1 saturated heterocycles. The van der Waals surface area contributed by atoms with E-state index in [-0.39, 0.29) is 11.6 Å². The van der Waals surface area contributed by atoms with Crippen LogP contribution < -0.4 is 0 Å². The number of furan rings is 1. The minimum Gasteiger partial charge on any atom is -0.457 e. The van der Waals surface area contributed by atoms with Crippen LogP contribution >= 0.6 is 24.0 Å². The van der Waals surface area contributed by atoms with Gasteiger partial charge in [-0.1, -0.05) is 42.2 Å². The molecule has 0 aliphatic carbocycles. The lowest BCUT2D eigenvalue weighted by molar-refractivity contribution is -0.384. The van der Waals surface area contributed by atoms with Gasteiger partial charge in [0.25, 0.3) is 11.6 Å². The molecule has 0 saturated carbocycles. The molecule has 1 aromatic heterocycles. The predicted octanol–water partition coefficient (Wildman–Crippen LogP) is 4.24. The van der Waals surface area contributed by atoms with Crippen molar-refractivity contribution >= 4 is 46.0 Å². The van der Waals surface area contributed by atoms with E-state index in [1.54, 1.807) is 36.4 Å². The predicted molar refractivity (Wildman–Crippen MR) is 101 cm³/mol. The van der Waals surface area contributed by atoms with Crippen LogP contribution in [0.5, 0.6) is 0 Å². The summed E-state index contributed by atoms with van der Waals surface area (Å²) in [6.45, 7) is 3.97. The smallest absolute Gasteiger partial charge is 0.270 e. The second-order valence-electron chi connectivity index (χ2n) is 5.09. The molecule has 25 heavy (non-hydrogen) atoms. The van der Waals surface area contributed by atoms with Crippen LogP contribution in [0.25, 0.3) is 17.4 Å². The molecule has 0 N–H and O–H groups in total. The van der Waals surface area contributed by atoms with Gasteiger partial charge in [0.05, 0.1) is 9.83 Å². The van der Waals surface area contributed by atoms with Gasteiger partial charge in [-0.3, -0.25) is 19.8 Å². The highest BCUT2D eigenvalue weighted by molar-refractivity contribution is 8.26. The van der Waals surface area contributed by atoms with Crippen LogP contribution in [0.4, 0.5) is 5.69 Å². The van der Waals surface area contributed by atoms with Gasteiger partial charge in [-0.15, -0.1) is 6.58 Å². The first-order valence-corrected chi connectivity index (χ1v) is 8.43. The zero-order chi connectivity index (χ0) is 18.0. The highest BCUT2D eigenvalue weighted by Crippen LogP contribution is 2.33. The molecule has 6 nitrogen and oxygen atoms in total. The Morgan fingerprint density at radius 3 is 2.88 bits per heavy atom. The van der Waals surface area contributed by atoms with Gasteiger partial charge in [-0.2, -0.15) is 0 Å². The molecule has 126 valence electrons. The fourth-order valence-electron chi connectivity index (χ4n) is 2.27. The standard InChI is InChI=1S/C17H12N2O4S2/c1-2-8-18-16(20)15(25-17(18)24)10-13-6-7-14(23-13)11-4-3-5-12(9-11)19(21)22/h2-7,9-10H,1,8H2/b15-10+. The average molecular weight is 372 g/mol. The summed E-state index contributed by atoms with van der Waals surface area (Å²) in [7, 11) is 0. The molecule has 1 amide bonds. The Kier molecular flexibility index (Phi) is 4.82. The summed E-state index contributed by atoms with van der Waals surface area (Å²) in [5, 5.41) is 10.9. The molecule has 2 aromatic rings. The van der Waals surface area contributed by atoms with Gasteiger partial charge in [0.2, 0.25) is 0 Å². The van der Waals surface area contributed by atoms with Crippen LogP contribution in [0, 0.1) is 10.1 Å². The zero-order valence-electron chi connectivity index (χ0n) is 12.9. The second-order valence-corrected chi connectivity index (χ2v) is 6.77. The Hall–Kier alpha value is -2.71. The monoisotopic (exact) mass is 372 g/mol. The molecule has 1 fully saturated rings. The third-order valence-electron chi connectivity index (χ3n) is 3.43. The van der Waals surface area contributed by atoms with E-state index in [0.29, 0.717) is 32.9 Å². The molecule has 0 bridgehead atoms. The molecular weight excluding hydrogens is 360 g/mol. The number of amides is 1. The lowest BCUT2D eigenvalue weighted by Crippen LogP contribution is -2.27. The van der Waals surface area contributed by atoms with E-state index in [2.05, 4.69) is 6.58 Å². The maximum absolute atomic E-state index is 12.3. The minimum atomic E-state index is -0.460. The number of hydrogen-bond acceptors (Lipinski definition) is 6. The van der Waals surface area contributed by atoms with Crippen LogP contribution in [0.15, 0.2) is 58.4 Å². The quantitative estimate of drug-likeness (QED) is 0.257. The van der Waals surface area contributed by atoms with Gasteiger partial charge in [-0.05, 0) is 12.1 Å². The first kappa shape index (κ1) is 17.1. The van der Waals surface area contributed by atoms with Crippen molar-refractivity contribution in [3.8, 4) is 11.3 Å². The van der Waals surface area contributed by atoms with Gasteiger partial charge in [0, 0.05) is 30.3 Å². The molecule has 0 unspecified atom stereocenters. The summed E-state index contributed by atoms with van der Waals surface area (Å²) in [4.78, 5) is 24.6. The summed E-state index contributed by atoms with van der Waals surface area (Å²) >= 11 is 6.38. The van der Waals surface area contributed by atoms with Crippen LogP contribution in [0.2, 0.25) is 0 Å². The van der Waals surface area contributed by atoms with E-state index >= 15 is 0 Å². The van der Waals surface area contributed by atoms with Crippen molar-refractivity contribution in [2.45, 2.75) is 0 Å². The maximum atomic E-state index is 12.3. The third-order valence-corrected chi connectivity index (χ3v) is 4.80. The first-order valence-electron chi connectivity index (χ1n) is 7.20. The highest BCUT2D eigenvalue weighted by atomic mass is 32.2. The second kappa shape index (κ2) is 7.04. The Balaban J connectivity index is 1.86. The summed E-state index contributed by atoms with van der Waals surface area (Å²) in [6, 6.07) is 9.57. The third kappa shape index (κ3) is 3.54. The van der Waals surface area contributed by atoms with Crippen molar-refractivity contribution in [3.63, 3.8) is 0 Å². The Morgan fingerprint density at radius 1 is 1.36 bits per heavy atom. The normalized spacial score (nSPS) is 15.8. The van der Waals surface area contributed by atoms with Crippen molar-refractivity contribution < 1.29 is 14.1 Å². The average Bonchev–Trinajstić information content (AvgIpc) is 3.16. The van der Waals surface area contributed by atoms with E-state index in [1.807, 2.05) is 0 Å². The van der Waals surface area contributed by atoms with E-state index in [1.165, 1.54) is 28.8 Å². The topological polar surface area (TPSA) is 76.6 Å². The largest absolute Gasteiger partial charge is 0.457 e. The molecule has 2 heterocycles. The van der Waals surface area contributed by atoms with Gasteiger partial charge in [0.1, 0.15) is 15.8 Å². The molecule has 1 aromatic carbocycles. The van der Waals surface area contributed by atoms with Crippen molar-refractivity contribution in [3.05, 3.63) is 69.8 Å². The fraction of sp³-hybridized carbons (Fsp3) is 0.0588. The number of thiocarbonyl (C=S) groups is 1. The van der Waals surface area contributed by atoms with E-state index in [9.17, 15) is 14.9 Å². The summed E-state index contributed by atoms with van der Waals surface area (Å²) in [5.41, 5.74) is 0.578. The molecule has 0 radical (unpaired) electrons. The van der Waals surface area contributed by atoms with E-state index in [4.69, 9.17) is 16.6 Å². The molecule has 1 aliphatic rings. The number of hydrogen-bond donors (Lipinski definition) is 0. The Bertz CT molecular complexity index is 917. The molecule has 0 atom stereocenters. The van der Waals surface area contributed by atoms with Gasteiger partial charge < -0.3 is 4.42 Å². The van der Waals surface area contributed by atoms with E-state index < -0.39 is 4.92 Å². The van der Waals surface area contributed by atoms with Crippen LogP contribution in [-0.4, -0.2) is 26.6 Å². The number of carbonyl (C=O) groups excluding carboxylic acids is 1. The van der Waals surface area contributed by atoms with Crippen LogP contribution in [0.1, 0.15) is 5.76 Å². The van der Waals surface area contributed by atoms with Crippen LogP contribution in [0.3, 0.4) is 0 Å². The summed E-state index contributed by atoms with van der Waals surface area (Å²) in [5.74, 6) is 0.764. The number of nitrogens with zero attached hydrogens (tertiary/aromatic N) is 2. The molecule has 8 heteroatoms. The lowest BCUT2D eigenvalue weighted by atomic mass is 10.1. The van der Waals surface area contributed by atoms with Crippen molar-refractivity contribution in [2.75, 3.05) is 6.54 Å². The molecule has 1 aliphatic heterocycles. The minimum absolute atomic E-state index is 0.0132. The molecule has 0 spiro atoms. The first-order chi connectivity index (χ1) is 12.0. The number of carbonyl (C=O) groups is 1. The van der Waals surface area contributed by atoms with Gasteiger partial charge in [0.15, 0.2) is 0 Å². The summed E-state index contributed by atoms with van der Waals surface area (Å²) in [6.07, 6.45) is 3.23. The number of thioether (sulfide) groups is 1. The highest BCUT2D eigenvalue weighted by Gasteiger charge is 2.31. The molecule has 3 rings (SSSR count). The Morgan fingerprint density at radius 2 is 2.16 bits per heavy atom. The number of nitro benzene ring substituents is 1. The number of benzene rings is 1. The van der Waals surface area contributed by atoms with Crippen molar-refractivity contribution in [2.24, 2.45) is 0 Å². The fourth-order valence-corrected chi connectivity index (χ4v) is 3.53. The Labute approximate surface area is 153 Å². The van der Waals surface area contributed by atoms with Crippen molar-refractivity contribution in [1.82, 2.24) is 4.90 Å². The van der Waals surface area contributed by atoms with E-state index in [0.717, 1.165) is 0 Å². The molecular formula is C17H12N2O4S2. The zero-order valence-corrected chi connectivity index (χ0v) is 14.5. The lowest BCUT2D eigenvalue weighted by Gasteiger charge is -2.10. The number of non-ortho nitro benzene ring substituents is 1. The van der Waals surface area contributed by atoms with Gasteiger partial charge >= 0.3 is 0 Å². The summed E-state index contributed by atoms with van der Waals surface area (Å²) < 4.78 is 6.17. The van der Waals surface area contributed by atoms with Crippen molar-refractivity contribution in [1.29, 1.82) is 0 Å². The van der Waals surface area contributed by atoms with Crippen LogP contribution in [-0.2, 0) is 4.79 Å². The number of rotatable bonds is 5. The number of nitro groups is 1.